The normalized spacial score (nSPS) is 14.0. The van der Waals surface area contributed by atoms with Crippen LogP contribution < -0.4 is 5.32 Å². The SMILES string of the molecule is c1ccc2c(c1)NC(n1c3ccc(-c4ccc5ccccc5c4)cc3c3cc(-c4ccc5ccccc5c4)ccc31)n1c-2nc2ccccc21. The Labute approximate surface area is 288 Å². The van der Waals surface area contributed by atoms with E-state index in [4.69, 9.17) is 4.98 Å². The van der Waals surface area contributed by atoms with Gasteiger partial charge in [0.15, 0.2) is 6.29 Å². The Morgan fingerprint density at radius 3 is 1.60 bits per heavy atom. The molecule has 11 rings (SSSR count). The molecule has 0 saturated carbocycles. The number of imidazole rings is 1. The summed E-state index contributed by atoms with van der Waals surface area (Å²) in [4.78, 5) is 5.18. The van der Waals surface area contributed by atoms with Crippen LogP contribution in [-0.2, 0) is 0 Å². The Balaban J connectivity index is 1.18. The van der Waals surface area contributed by atoms with Crippen molar-refractivity contribution < 1.29 is 0 Å². The van der Waals surface area contributed by atoms with E-state index >= 15 is 0 Å². The fraction of sp³-hybridized carbons (Fsp3) is 0.0217. The molecule has 3 heterocycles. The van der Waals surface area contributed by atoms with E-state index in [0.717, 1.165) is 28.1 Å². The summed E-state index contributed by atoms with van der Waals surface area (Å²) in [7, 11) is 0. The summed E-state index contributed by atoms with van der Waals surface area (Å²) in [6, 6.07) is 61.6. The van der Waals surface area contributed by atoms with E-state index in [9.17, 15) is 0 Å². The van der Waals surface area contributed by atoms with Gasteiger partial charge in [0.25, 0.3) is 0 Å². The first kappa shape index (κ1) is 27.3. The van der Waals surface area contributed by atoms with Gasteiger partial charge in [-0.15, -0.1) is 0 Å². The number of nitrogens with one attached hydrogen (secondary N) is 1. The first-order valence-electron chi connectivity index (χ1n) is 17.2. The number of hydrogen-bond acceptors (Lipinski definition) is 2. The molecule has 0 saturated heterocycles. The van der Waals surface area contributed by atoms with Gasteiger partial charge in [0.2, 0.25) is 0 Å². The highest BCUT2D eigenvalue weighted by atomic mass is 15.4. The Morgan fingerprint density at radius 1 is 0.420 bits per heavy atom. The molecule has 1 aliphatic heterocycles. The predicted molar refractivity (Wildman–Crippen MR) is 209 cm³/mol. The summed E-state index contributed by atoms with van der Waals surface area (Å²) in [6.07, 6.45) is -0.231. The van der Waals surface area contributed by atoms with Crippen molar-refractivity contribution in [3.63, 3.8) is 0 Å². The van der Waals surface area contributed by atoms with Gasteiger partial charge in [-0.1, -0.05) is 109 Å². The number of aromatic nitrogens is 3. The zero-order chi connectivity index (χ0) is 32.8. The van der Waals surface area contributed by atoms with Crippen LogP contribution in [-0.4, -0.2) is 14.1 Å². The predicted octanol–water partition coefficient (Wildman–Crippen LogP) is 11.9. The summed E-state index contributed by atoms with van der Waals surface area (Å²) in [5, 5.41) is 11.4. The minimum atomic E-state index is -0.231. The van der Waals surface area contributed by atoms with Gasteiger partial charge in [0.05, 0.1) is 22.1 Å². The highest BCUT2D eigenvalue weighted by Gasteiger charge is 2.30. The Kier molecular flexibility index (Phi) is 5.69. The van der Waals surface area contributed by atoms with Crippen molar-refractivity contribution in [2.24, 2.45) is 0 Å². The van der Waals surface area contributed by atoms with Crippen LogP contribution in [0.2, 0.25) is 0 Å². The number of benzene rings is 8. The monoisotopic (exact) mass is 638 g/mol. The molecule has 0 spiro atoms. The van der Waals surface area contributed by atoms with E-state index in [2.05, 4.69) is 184 Å². The molecule has 50 heavy (non-hydrogen) atoms. The maximum absolute atomic E-state index is 5.18. The maximum Gasteiger partial charge on any atom is 0.188 e. The molecule has 1 aliphatic rings. The van der Waals surface area contributed by atoms with Crippen molar-refractivity contribution in [1.29, 1.82) is 0 Å². The second-order valence-corrected chi connectivity index (χ2v) is 13.3. The van der Waals surface area contributed by atoms with Crippen LogP contribution in [0.4, 0.5) is 5.69 Å². The quantitative estimate of drug-likeness (QED) is 0.209. The van der Waals surface area contributed by atoms with E-state index < -0.39 is 0 Å². The van der Waals surface area contributed by atoms with E-state index in [-0.39, 0.29) is 6.29 Å². The molecule has 4 nitrogen and oxygen atoms in total. The zero-order valence-corrected chi connectivity index (χ0v) is 27.1. The maximum atomic E-state index is 5.18. The van der Waals surface area contributed by atoms with Crippen molar-refractivity contribution in [3.05, 3.63) is 170 Å². The second kappa shape index (κ2) is 10.4. The molecule has 0 radical (unpaired) electrons. The summed E-state index contributed by atoms with van der Waals surface area (Å²) < 4.78 is 4.83. The van der Waals surface area contributed by atoms with E-state index in [0.29, 0.717) is 0 Å². The number of fused-ring (bicyclic) bond motifs is 10. The third kappa shape index (κ3) is 4.02. The van der Waals surface area contributed by atoms with Gasteiger partial charge in [0, 0.05) is 22.0 Å². The largest absolute Gasteiger partial charge is 0.347 e. The van der Waals surface area contributed by atoms with Crippen LogP contribution >= 0.6 is 0 Å². The Hall–Kier alpha value is -6.65. The average molecular weight is 639 g/mol. The lowest BCUT2D eigenvalue weighted by Crippen LogP contribution is -2.29. The summed E-state index contributed by atoms with van der Waals surface area (Å²) in [6.45, 7) is 0. The minimum absolute atomic E-state index is 0.231. The van der Waals surface area contributed by atoms with Crippen molar-refractivity contribution in [3.8, 4) is 33.6 Å². The lowest BCUT2D eigenvalue weighted by Gasteiger charge is -2.32. The fourth-order valence-electron chi connectivity index (χ4n) is 8.08. The number of hydrogen-bond donors (Lipinski definition) is 1. The van der Waals surface area contributed by atoms with Gasteiger partial charge >= 0.3 is 0 Å². The summed E-state index contributed by atoms with van der Waals surface area (Å²) >= 11 is 0. The Bertz CT molecular complexity index is 2850. The third-order valence-electron chi connectivity index (χ3n) is 10.5. The molecular formula is C46H30N4. The van der Waals surface area contributed by atoms with Gasteiger partial charge in [-0.2, -0.15) is 0 Å². The van der Waals surface area contributed by atoms with Crippen LogP contribution in [0.25, 0.3) is 88.0 Å². The van der Waals surface area contributed by atoms with Crippen molar-refractivity contribution in [2.75, 3.05) is 5.32 Å². The standard InChI is InChI=1S/C46H30N4/c1-3-11-31-25-33(19-17-29(31)9-1)35-21-23-42-38(27-35)39-28-36(34-20-18-30-10-2-4-12-32(30)26-34)22-24-43(39)49(42)46-48-40-14-6-5-13-37(40)45-47-41-15-7-8-16-44(41)50(45)46/h1-28,46,48H. The number of para-hydroxylation sites is 3. The van der Waals surface area contributed by atoms with Crippen LogP contribution in [0.15, 0.2) is 170 Å². The molecular weight excluding hydrogens is 609 g/mol. The van der Waals surface area contributed by atoms with Gasteiger partial charge in [-0.3, -0.25) is 4.57 Å². The molecule has 0 amide bonds. The van der Waals surface area contributed by atoms with Gasteiger partial charge in [-0.25, -0.2) is 4.98 Å². The molecule has 10 aromatic rings. The van der Waals surface area contributed by atoms with Gasteiger partial charge in [0.1, 0.15) is 5.82 Å². The number of rotatable bonds is 3. The van der Waals surface area contributed by atoms with Crippen LogP contribution in [0, 0.1) is 0 Å². The van der Waals surface area contributed by atoms with Crippen LogP contribution in [0.5, 0.6) is 0 Å². The van der Waals surface area contributed by atoms with Crippen LogP contribution in [0.1, 0.15) is 6.29 Å². The van der Waals surface area contributed by atoms with E-state index in [1.807, 2.05) is 0 Å². The molecule has 0 fully saturated rings. The average Bonchev–Trinajstić information content (AvgIpc) is 3.73. The van der Waals surface area contributed by atoms with Crippen molar-refractivity contribution in [1.82, 2.24) is 14.1 Å². The summed E-state index contributed by atoms with van der Waals surface area (Å²) in [5.74, 6) is 0.973. The highest BCUT2D eigenvalue weighted by molar-refractivity contribution is 6.11. The van der Waals surface area contributed by atoms with Gasteiger partial charge < -0.3 is 9.88 Å². The van der Waals surface area contributed by atoms with E-state index in [1.54, 1.807) is 0 Å². The van der Waals surface area contributed by atoms with Crippen molar-refractivity contribution >= 4 is 60.1 Å². The minimum Gasteiger partial charge on any atom is -0.347 e. The molecule has 0 aliphatic carbocycles. The molecule has 1 unspecified atom stereocenters. The second-order valence-electron chi connectivity index (χ2n) is 13.3. The van der Waals surface area contributed by atoms with Crippen molar-refractivity contribution in [2.45, 2.75) is 6.29 Å². The number of anilines is 1. The lowest BCUT2D eigenvalue weighted by atomic mass is 9.98. The molecule has 234 valence electrons. The Morgan fingerprint density at radius 2 is 0.940 bits per heavy atom. The number of nitrogens with zero attached hydrogens (tertiary/aromatic N) is 3. The first-order chi connectivity index (χ1) is 24.8. The zero-order valence-electron chi connectivity index (χ0n) is 27.1. The third-order valence-corrected chi connectivity index (χ3v) is 10.5. The fourth-order valence-corrected chi connectivity index (χ4v) is 8.08. The topological polar surface area (TPSA) is 34.8 Å². The molecule has 0 bridgehead atoms. The summed E-state index contributed by atoms with van der Waals surface area (Å²) in [5.41, 5.74) is 11.4. The van der Waals surface area contributed by atoms with Gasteiger partial charge in [-0.05, 0) is 104 Å². The lowest BCUT2D eigenvalue weighted by molar-refractivity contribution is 0.520. The highest BCUT2D eigenvalue weighted by Crippen LogP contribution is 2.43. The molecule has 8 aromatic carbocycles. The van der Waals surface area contributed by atoms with Crippen LogP contribution in [0.3, 0.4) is 0 Å². The van der Waals surface area contributed by atoms with E-state index in [1.165, 1.54) is 65.6 Å². The smallest absolute Gasteiger partial charge is 0.188 e. The molecule has 2 aromatic heterocycles. The molecule has 1 atom stereocenters. The first-order valence-corrected chi connectivity index (χ1v) is 17.2. The molecule has 1 N–H and O–H groups in total. The molecule has 4 heteroatoms.